The van der Waals surface area contributed by atoms with Crippen LogP contribution in [0.25, 0.3) is 0 Å². The first-order valence-corrected chi connectivity index (χ1v) is 12.4. The SMILES string of the molecule is CCCN1CCC(NC(=NCCCS(=O)(=O)Cc2ccccc2)NCC)CC1. The van der Waals surface area contributed by atoms with Gasteiger partial charge in [-0.2, -0.15) is 0 Å². The maximum Gasteiger partial charge on any atom is 0.191 e. The zero-order valence-electron chi connectivity index (χ0n) is 17.4. The number of rotatable bonds is 10. The van der Waals surface area contributed by atoms with E-state index in [1.54, 1.807) is 0 Å². The van der Waals surface area contributed by atoms with Crippen molar-refractivity contribution in [1.82, 2.24) is 15.5 Å². The summed E-state index contributed by atoms with van der Waals surface area (Å²) in [6.45, 7) is 9.01. The van der Waals surface area contributed by atoms with E-state index >= 15 is 0 Å². The summed E-state index contributed by atoms with van der Waals surface area (Å²) in [5.74, 6) is 1.07. The Balaban J connectivity index is 1.76. The number of hydrogen-bond acceptors (Lipinski definition) is 4. The van der Waals surface area contributed by atoms with Crippen molar-refractivity contribution in [3.63, 3.8) is 0 Å². The standard InChI is InChI=1S/C21H36N4O2S/c1-3-14-25-15-11-20(12-16-25)24-21(22-4-2)23-13-8-17-28(26,27)18-19-9-6-5-7-10-19/h5-7,9-10,20H,3-4,8,11-18H2,1-2H3,(H2,22,23,24). The molecule has 1 aromatic rings. The number of hydrogen-bond donors (Lipinski definition) is 2. The summed E-state index contributed by atoms with van der Waals surface area (Å²) >= 11 is 0. The molecule has 6 nitrogen and oxygen atoms in total. The first-order valence-electron chi connectivity index (χ1n) is 10.5. The van der Waals surface area contributed by atoms with Crippen molar-refractivity contribution in [3.05, 3.63) is 35.9 Å². The minimum Gasteiger partial charge on any atom is -0.357 e. The molecular formula is C21H36N4O2S. The second-order valence-corrected chi connectivity index (χ2v) is 9.64. The van der Waals surface area contributed by atoms with Gasteiger partial charge in [-0.05, 0) is 44.7 Å². The van der Waals surface area contributed by atoms with Crippen LogP contribution < -0.4 is 10.6 Å². The second kappa shape index (κ2) is 12.1. The number of aliphatic imine (C=N–C) groups is 1. The Morgan fingerprint density at radius 3 is 2.54 bits per heavy atom. The van der Waals surface area contributed by atoms with Crippen LogP contribution in [0.4, 0.5) is 0 Å². The summed E-state index contributed by atoms with van der Waals surface area (Å²) in [4.78, 5) is 7.10. The van der Waals surface area contributed by atoms with Gasteiger partial charge in [0.2, 0.25) is 0 Å². The van der Waals surface area contributed by atoms with E-state index in [0.717, 1.165) is 44.0 Å². The van der Waals surface area contributed by atoms with Crippen molar-refractivity contribution in [3.8, 4) is 0 Å². The summed E-state index contributed by atoms with van der Waals surface area (Å²) in [5.41, 5.74) is 0.843. The minimum absolute atomic E-state index is 0.103. The van der Waals surface area contributed by atoms with E-state index in [9.17, 15) is 8.42 Å². The van der Waals surface area contributed by atoms with E-state index in [2.05, 4.69) is 27.4 Å². The number of likely N-dealkylation sites (tertiary alicyclic amines) is 1. The number of sulfone groups is 1. The molecule has 0 unspecified atom stereocenters. The van der Waals surface area contributed by atoms with E-state index in [-0.39, 0.29) is 11.5 Å². The smallest absolute Gasteiger partial charge is 0.191 e. The highest BCUT2D eigenvalue weighted by Gasteiger charge is 2.19. The lowest BCUT2D eigenvalue weighted by Crippen LogP contribution is -2.48. The maximum absolute atomic E-state index is 12.3. The summed E-state index contributed by atoms with van der Waals surface area (Å²) in [6.07, 6.45) is 3.99. The van der Waals surface area contributed by atoms with Gasteiger partial charge in [0.1, 0.15) is 0 Å². The molecule has 0 aliphatic carbocycles. The largest absolute Gasteiger partial charge is 0.357 e. The molecule has 0 amide bonds. The van der Waals surface area contributed by atoms with Gasteiger partial charge in [-0.15, -0.1) is 0 Å². The molecule has 0 aromatic heterocycles. The van der Waals surface area contributed by atoms with Crippen molar-refractivity contribution in [1.29, 1.82) is 0 Å². The molecule has 28 heavy (non-hydrogen) atoms. The predicted molar refractivity (Wildman–Crippen MR) is 117 cm³/mol. The fourth-order valence-electron chi connectivity index (χ4n) is 3.51. The molecule has 1 saturated heterocycles. The Kier molecular flexibility index (Phi) is 9.78. The lowest BCUT2D eigenvalue weighted by molar-refractivity contribution is 0.206. The molecule has 158 valence electrons. The van der Waals surface area contributed by atoms with Crippen LogP contribution in [-0.4, -0.2) is 63.8 Å². The Bertz CT molecular complexity index is 684. The third-order valence-electron chi connectivity index (χ3n) is 4.93. The zero-order valence-corrected chi connectivity index (χ0v) is 18.2. The number of piperidine rings is 1. The van der Waals surface area contributed by atoms with Gasteiger partial charge in [0.05, 0.1) is 11.5 Å². The minimum atomic E-state index is -3.10. The van der Waals surface area contributed by atoms with Crippen LogP contribution in [0.5, 0.6) is 0 Å². The van der Waals surface area contributed by atoms with Crippen LogP contribution in [0, 0.1) is 0 Å². The molecule has 7 heteroatoms. The molecule has 0 atom stereocenters. The van der Waals surface area contributed by atoms with E-state index < -0.39 is 9.84 Å². The first-order chi connectivity index (χ1) is 13.5. The van der Waals surface area contributed by atoms with Gasteiger partial charge in [0.25, 0.3) is 0 Å². The van der Waals surface area contributed by atoms with Crippen molar-refractivity contribution < 1.29 is 8.42 Å². The molecule has 1 heterocycles. The van der Waals surface area contributed by atoms with Gasteiger partial charge in [-0.1, -0.05) is 37.3 Å². The van der Waals surface area contributed by atoms with Crippen LogP contribution >= 0.6 is 0 Å². The fraction of sp³-hybridized carbons (Fsp3) is 0.667. The van der Waals surface area contributed by atoms with E-state index in [1.807, 2.05) is 37.3 Å². The van der Waals surface area contributed by atoms with Crippen molar-refractivity contribution >= 4 is 15.8 Å². The summed E-state index contributed by atoms with van der Waals surface area (Å²) in [5, 5.41) is 6.80. The lowest BCUT2D eigenvalue weighted by Gasteiger charge is -2.32. The molecule has 1 aliphatic rings. The van der Waals surface area contributed by atoms with Crippen LogP contribution in [0.15, 0.2) is 35.3 Å². The highest BCUT2D eigenvalue weighted by atomic mass is 32.2. The van der Waals surface area contributed by atoms with Crippen molar-refractivity contribution in [2.75, 3.05) is 38.5 Å². The lowest BCUT2D eigenvalue weighted by atomic mass is 10.1. The molecule has 2 rings (SSSR count). The van der Waals surface area contributed by atoms with Gasteiger partial charge in [0, 0.05) is 32.2 Å². The first kappa shape index (κ1) is 22.7. The molecule has 1 fully saturated rings. The van der Waals surface area contributed by atoms with Gasteiger partial charge in [-0.3, -0.25) is 4.99 Å². The van der Waals surface area contributed by atoms with Crippen molar-refractivity contribution in [2.24, 2.45) is 4.99 Å². The average molecular weight is 409 g/mol. The Labute approximate surface area is 170 Å². The third-order valence-corrected chi connectivity index (χ3v) is 6.61. The normalized spacial score (nSPS) is 16.9. The molecule has 0 bridgehead atoms. The van der Waals surface area contributed by atoms with Gasteiger partial charge >= 0.3 is 0 Å². The van der Waals surface area contributed by atoms with Crippen molar-refractivity contribution in [2.45, 2.75) is 51.3 Å². The summed E-state index contributed by atoms with van der Waals surface area (Å²) in [7, 11) is -3.10. The molecule has 1 aliphatic heterocycles. The van der Waals surface area contributed by atoms with Crippen LogP contribution in [-0.2, 0) is 15.6 Å². The summed E-state index contributed by atoms with van der Waals surface area (Å²) < 4.78 is 24.6. The zero-order chi connectivity index (χ0) is 20.2. The number of nitrogens with one attached hydrogen (secondary N) is 2. The van der Waals surface area contributed by atoms with Crippen LogP contribution in [0.2, 0.25) is 0 Å². The fourth-order valence-corrected chi connectivity index (χ4v) is 4.92. The van der Waals surface area contributed by atoms with E-state index in [4.69, 9.17) is 0 Å². The topological polar surface area (TPSA) is 73.8 Å². The molecule has 0 radical (unpaired) electrons. The molecular weight excluding hydrogens is 372 g/mol. The molecule has 0 saturated carbocycles. The highest BCUT2D eigenvalue weighted by molar-refractivity contribution is 7.90. The van der Waals surface area contributed by atoms with Crippen LogP contribution in [0.3, 0.4) is 0 Å². The third kappa shape index (κ3) is 8.61. The van der Waals surface area contributed by atoms with Gasteiger partial charge < -0.3 is 15.5 Å². The molecule has 2 N–H and O–H groups in total. The van der Waals surface area contributed by atoms with Gasteiger partial charge in [0.15, 0.2) is 15.8 Å². The molecule has 1 aromatic carbocycles. The summed E-state index contributed by atoms with van der Waals surface area (Å²) in [6, 6.07) is 9.79. The second-order valence-electron chi connectivity index (χ2n) is 7.45. The van der Waals surface area contributed by atoms with E-state index in [0.29, 0.717) is 19.0 Å². The number of guanidine groups is 1. The van der Waals surface area contributed by atoms with E-state index in [1.165, 1.54) is 13.0 Å². The van der Waals surface area contributed by atoms with Crippen LogP contribution in [0.1, 0.15) is 45.1 Å². The Hall–Kier alpha value is -1.60. The number of nitrogens with zero attached hydrogens (tertiary/aromatic N) is 2. The Morgan fingerprint density at radius 1 is 1.18 bits per heavy atom. The highest BCUT2D eigenvalue weighted by Crippen LogP contribution is 2.11. The van der Waals surface area contributed by atoms with Gasteiger partial charge in [-0.25, -0.2) is 8.42 Å². The number of benzene rings is 1. The maximum atomic E-state index is 12.3. The monoisotopic (exact) mass is 408 g/mol. The predicted octanol–water partition coefficient (Wildman–Crippen LogP) is 2.42. The Morgan fingerprint density at radius 2 is 1.89 bits per heavy atom. The quantitative estimate of drug-likeness (QED) is 0.353. The molecule has 0 spiro atoms. The average Bonchev–Trinajstić information content (AvgIpc) is 2.67.